The van der Waals surface area contributed by atoms with Crippen LogP contribution in [-0.4, -0.2) is 41.9 Å². The van der Waals surface area contributed by atoms with Gasteiger partial charge in [0.1, 0.15) is 6.04 Å². The monoisotopic (exact) mass is 683 g/mol. The molecule has 0 bridgehead atoms. The van der Waals surface area contributed by atoms with Crippen LogP contribution in [0.3, 0.4) is 0 Å². The number of carboxylic acid groups (broad SMARTS) is 1. The van der Waals surface area contributed by atoms with Crippen LogP contribution in [0.2, 0.25) is 0 Å². The maximum atomic E-state index is 12.8. The van der Waals surface area contributed by atoms with E-state index in [4.69, 9.17) is 9.84 Å². The van der Waals surface area contributed by atoms with Crippen LogP contribution < -0.4 is 5.32 Å². The Kier molecular flexibility index (Phi) is 14.0. The zero-order valence-electron chi connectivity index (χ0n) is 28.4. The quantitative estimate of drug-likeness (QED) is 0.0779. The van der Waals surface area contributed by atoms with Gasteiger partial charge in [-0.2, -0.15) is 0 Å². The molecule has 50 heavy (non-hydrogen) atoms. The molecule has 0 aliphatic rings. The summed E-state index contributed by atoms with van der Waals surface area (Å²) in [4.78, 5) is 35.8. The van der Waals surface area contributed by atoms with Gasteiger partial charge >= 0.3 is 11.9 Å². The fourth-order valence-electron chi connectivity index (χ4n) is 5.20. The molecule has 0 aromatic heterocycles. The third kappa shape index (κ3) is 10.7. The number of hydrogen-bond donors (Lipinski definition) is 2. The van der Waals surface area contributed by atoms with E-state index in [0.717, 1.165) is 39.5 Å². The second-order valence-electron chi connectivity index (χ2n) is 11.5. The first-order valence-corrected chi connectivity index (χ1v) is 17.1. The van der Waals surface area contributed by atoms with Crippen LogP contribution in [0.5, 0.6) is 0 Å². The topological polar surface area (TPSA) is 92.7 Å². The van der Waals surface area contributed by atoms with Crippen LogP contribution in [0.25, 0.3) is 12.2 Å². The van der Waals surface area contributed by atoms with Gasteiger partial charge in [0.2, 0.25) is 5.91 Å². The molecule has 0 aliphatic carbocycles. The highest BCUT2D eigenvalue weighted by molar-refractivity contribution is 8.00. The molecule has 254 valence electrons. The van der Waals surface area contributed by atoms with Crippen molar-refractivity contribution in [2.24, 2.45) is 0 Å². The van der Waals surface area contributed by atoms with Crippen molar-refractivity contribution in [3.8, 4) is 0 Å². The van der Waals surface area contributed by atoms with Gasteiger partial charge in [0, 0.05) is 17.9 Å². The first kappa shape index (κ1) is 37.2. The number of esters is 1. The predicted octanol–water partition coefficient (Wildman–Crippen LogP) is 8.48. The van der Waals surface area contributed by atoms with Gasteiger partial charge in [-0.3, -0.25) is 4.79 Å². The fraction of sp³-hybridized carbons (Fsp3) is 0.140. The molecular weight excluding hydrogens is 643 g/mol. The first-order valence-electron chi connectivity index (χ1n) is 16.1. The Morgan fingerprint density at radius 1 is 0.660 bits per heavy atom. The van der Waals surface area contributed by atoms with E-state index < -0.39 is 22.7 Å². The normalized spacial score (nSPS) is 11.7. The second kappa shape index (κ2) is 18.8. The van der Waals surface area contributed by atoms with Gasteiger partial charge in [0.15, 0.2) is 0 Å². The van der Waals surface area contributed by atoms with Gasteiger partial charge in [0.25, 0.3) is 0 Å². The molecule has 0 aliphatic heterocycles. The van der Waals surface area contributed by atoms with Crippen molar-refractivity contribution >= 4 is 41.8 Å². The van der Waals surface area contributed by atoms with E-state index in [1.807, 2.05) is 117 Å². The summed E-state index contributed by atoms with van der Waals surface area (Å²) in [6.45, 7) is 4.00. The summed E-state index contributed by atoms with van der Waals surface area (Å²) < 4.78 is 4.47. The third-order valence-corrected chi connectivity index (χ3v) is 9.45. The largest absolute Gasteiger partial charge is 0.478 e. The van der Waals surface area contributed by atoms with Crippen molar-refractivity contribution in [3.63, 3.8) is 0 Å². The smallest absolute Gasteiger partial charge is 0.329 e. The predicted molar refractivity (Wildman–Crippen MR) is 204 cm³/mol. The van der Waals surface area contributed by atoms with Crippen LogP contribution >= 0.6 is 11.8 Å². The van der Waals surface area contributed by atoms with Crippen molar-refractivity contribution < 1.29 is 24.2 Å². The third-order valence-electron chi connectivity index (χ3n) is 7.81. The van der Waals surface area contributed by atoms with Crippen molar-refractivity contribution in [1.82, 2.24) is 5.32 Å². The summed E-state index contributed by atoms with van der Waals surface area (Å²) in [5.74, 6) is -1.46. The number of carbonyl (C=O) groups excluding carboxylic acids is 2. The molecule has 2 N–H and O–H groups in total. The van der Waals surface area contributed by atoms with E-state index in [1.165, 1.54) is 18.7 Å². The second-order valence-corrected chi connectivity index (χ2v) is 12.7. The average molecular weight is 684 g/mol. The number of rotatable bonds is 12. The van der Waals surface area contributed by atoms with Gasteiger partial charge < -0.3 is 15.2 Å². The molecule has 5 aromatic carbocycles. The highest BCUT2D eigenvalue weighted by atomic mass is 32.2. The van der Waals surface area contributed by atoms with Crippen LogP contribution in [0.4, 0.5) is 0 Å². The highest BCUT2D eigenvalue weighted by Crippen LogP contribution is 2.48. The number of nitrogens with one attached hydrogen (secondary N) is 1. The van der Waals surface area contributed by atoms with Crippen LogP contribution in [0.15, 0.2) is 152 Å². The molecule has 0 fully saturated rings. The molecule has 7 heteroatoms. The minimum absolute atomic E-state index is 0.301. The minimum atomic E-state index is -0.921. The Morgan fingerprint density at radius 2 is 1.06 bits per heavy atom. The van der Waals surface area contributed by atoms with Gasteiger partial charge in [0.05, 0.1) is 11.9 Å². The number of carbonyl (C=O) groups is 3. The van der Waals surface area contributed by atoms with Crippen molar-refractivity contribution in [3.05, 3.63) is 191 Å². The number of aliphatic carboxylic acids is 1. The maximum Gasteiger partial charge on any atom is 0.329 e. The number of methoxy groups -OCH3 is 1. The fourth-order valence-corrected chi connectivity index (χ4v) is 6.75. The van der Waals surface area contributed by atoms with E-state index in [9.17, 15) is 14.4 Å². The van der Waals surface area contributed by atoms with Gasteiger partial charge in [-0.1, -0.05) is 151 Å². The first-order chi connectivity index (χ1) is 24.2. The number of ether oxygens (including phenoxy) is 1. The highest BCUT2D eigenvalue weighted by Gasteiger charge is 2.38. The van der Waals surface area contributed by atoms with Crippen molar-refractivity contribution in [2.75, 3.05) is 12.9 Å². The van der Waals surface area contributed by atoms with Crippen LogP contribution in [0, 0.1) is 13.8 Å². The minimum Gasteiger partial charge on any atom is -0.478 e. The lowest BCUT2D eigenvalue weighted by molar-refractivity contribution is -0.143. The standard InChI is InChI=1S/C33H31NO3S.C10H10O2/c1-25-18-20-26(21-19-25)22-23-31(35)34-30(32(36)37-2)24-38-33(27-12-6-3-7-13-27,28-14-8-4-9-15-28)29-16-10-5-11-17-29;1-8-2-4-9(5-3-8)6-7-10(11)12/h3-23,30H,24H2,1-2H3,(H,34,35);2-7H,1H3,(H,11,12)/b23-22+;7-6+/t30-;/m1./s1. The van der Waals surface area contributed by atoms with E-state index in [-0.39, 0.29) is 5.91 Å². The van der Waals surface area contributed by atoms with Crippen molar-refractivity contribution in [2.45, 2.75) is 24.6 Å². The number of aryl methyl sites for hydroxylation is 2. The van der Waals surface area contributed by atoms with Gasteiger partial charge in [-0.05, 0) is 53.8 Å². The molecule has 6 nitrogen and oxygen atoms in total. The average Bonchev–Trinajstić information content (AvgIpc) is 3.15. The number of amides is 1. The zero-order valence-corrected chi connectivity index (χ0v) is 29.2. The molecule has 0 spiro atoms. The summed E-state index contributed by atoms with van der Waals surface area (Å²) in [5.41, 5.74) is 7.37. The van der Waals surface area contributed by atoms with E-state index in [2.05, 4.69) is 41.7 Å². The Hall–Kier alpha value is -5.66. The zero-order chi connectivity index (χ0) is 35.8. The Labute approximate surface area is 298 Å². The van der Waals surface area contributed by atoms with Gasteiger partial charge in [-0.25, -0.2) is 9.59 Å². The van der Waals surface area contributed by atoms with Gasteiger partial charge in [-0.15, -0.1) is 11.8 Å². The molecule has 5 aromatic rings. The Morgan fingerprint density at radius 3 is 1.44 bits per heavy atom. The van der Waals surface area contributed by atoms with Crippen molar-refractivity contribution in [1.29, 1.82) is 0 Å². The van der Waals surface area contributed by atoms with Crippen LogP contribution in [-0.2, 0) is 23.9 Å². The summed E-state index contributed by atoms with van der Waals surface area (Å²) in [6.07, 6.45) is 5.88. The number of benzene rings is 5. The number of hydrogen-bond acceptors (Lipinski definition) is 5. The lowest BCUT2D eigenvalue weighted by Crippen LogP contribution is -2.43. The molecule has 0 heterocycles. The summed E-state index contributed by atoms with van der Waals surface area (Å²) in [6, 6.07) is 45.4. The molecule has 0 saturated heterocycles. The molecule has 0 unspecified atom stereocenters. The molecule has 0 saturated carbocycles. The lowest BCUT2D eigenvalue weighted by atomic mass is 9.84. The van der Waals surface area contributed by atoms with E-state index >= 15 is 0 Å². The summed E-state index contributed by atoms with van der Waals surface area (Å²) in [5, 5.41) is 11.2. The summed E-state index contributed by atoms with van der Waals surface area (Å²) >= 11 is 1.60. The SMILES string of the molecule is COC(=O)[C@@H](CSC(c1ccccc1)(c1ccccc1)c1ccccc1)NC(=O)/C=C/c1ccc(C)cc1.Cc1ccc(/C=C/C(=O)O)cc1. The molecule has 0 radical (unpaired) electrons. The summed E-state index contributed by atoms with van der Waals surface area (Å²) in [7, 11) is 1.34. The molecule has 1 atom stereocenters. The van der Waals surface area contributed by atoms with E-state index in [1.54, 1.807) is 23.9 Å². The number of thioether (sulfide) groups is 1. The number of carboxylic acids is 1. The maximum absolute atomic E-state index is 12.8. The Bertz CT molecular complexity index is 1780. The molecular formula is C43H41NO5S. The van der Waals surface area contributed by atoms with Crippen LogP contribution in [0.1, 0.15) is 38.9 Å². The van der Waals surface area contributed by atoms with E-state index in [0.29, 0.717) is 5.75 Å². The molecule has 5 rings (SSSR count). The lowest BCUT2D eigenvalue weighted by Gasteiger charge is -2.36. The Balaban J connectivity index is 0.000000396. The molecule has 1 amide bonds.